The molecular weight excluding hydrogens is 275 g/mol. The van der Waals surface area contributed by atoms with Crippen molar-refractivity contribution < 1.29 is 13.2 Å². The first-order valence-electron chi connectivity index (χ1n) is 7.83. The van der Waals surface area contributed by atoms with Gasteiger partial charge in [0.1, 0.15) is 0 Å². The Morgan fingerprint density at radius 1 is 1.19 bits per heavy atom. The molecule has 0 heterocycles. The topological polar surface area (TPSA) is 12.0 Å². The lowest BCUT2D eigenvalue weighted by Crippen LogP contribution is -2.53. The van der Waals surface area contributed by atoms with Gasteiger partial charge < -0.3 is 5.32 Å². The van der Waals surface area contributed by atoms with Crippen molar-refractivity contribution in [2.75, 3.05) is 6.54 Å². The fourth-order valence-electron chi connectivity index (χ4n) is 3.37. The second-order valence-electron chi connectivity index (χ2n) is 6.04. The first-order chi connectivity index (χ1) is 9.98. The van der Waals surface area contributed by atoms with Crippen LogP contribution in [0.25, 0.3) is 0 Å². The highest BCUT2D eigenvalue weighted by Gasteiger charge is 2.46. The number of rotatable bonds is 7. The normalized spacial score (nSPS) is 19.0. The molecule has 1 unspecified atom stereocenters. The third-order valence-electron chi connectivity index (χ3n) is 4.62. The molecule has 0 bridgehead atoms. The molecule has 0 saturated heterocycles. The summed E-state index contributed by atoms with van der Waals surface area (Å²) in [6.45, 7) is 2.82. The summed E-state index contributed by atoms with van der Waals surface area (Å²) in [6.07, 6.45) is -0.611. The zero-order chi connectivity index (χ0) is 15.3. The Labute approximate surface area is 124 Å². The monoisotopic (exact) mass is 299 g/mol. The molecule has 1 fully saturated rings. The molecule has 1 aliphatic rings. The van der Waals surface area contributed by atoms with Crippen molar-refractivity contribution in [1.82, 2.24) is 5.32 Å². The van der Waals surface area contributed by atoms with Gasteiger partial charge in [-0.15, -0.1) is 0 Å². The predicted molar refractivity (Wildman–Crippen MR) is 79.3 cm³/mol. The van der Waals surface area contributed by atoms with Crippen LogP contribution < -0.4 is 5.32 Å². The minimum absolute atomic E-state index is 0.0878. The molecule has 118 valence electrons. The van der Waals surface area contributed by atoms with Gasteiger partial charge in [0, 0.05) is 17.9 Å². The molecule has 1 N–H and O–H groups in total. The Balaban J connectivity index is 2.16. The van der Waals surface area contributed by atoms with Crippen molar-refractivity contribution in [3.63, 3.8) is 0 Å². The van der Waals surface area contributed by atoms with Crippen molar-refractivity contribution >= 4 is 0 Å². The SMILES string of the molecule is CCCNC(CCC(F)(F)F)C1(c2ccccc2)CCC1. The molecule has 0 amide bonds. The highest BCUT2D eigenvalue weighted by Crippen LogP contribution is 2.48. The largest absolute Gasteiger partial charge is 0.389 e. The number of alkyl halides is 3. The van der Waals surface area contributed by atoms with Gasteiger partial charge in [0.2, 0.25) is 0 Å². The molecular formula is C17H24F3N. The molecule has 1 aromatic rings. The Morgan fingerprint density at radius 2 is 1.86 bits per heavy atom. The van der Waals surface area contributed by atoms with E-state index in [2.05, 4.69) is 17.4 Å². The first kappa shape index (κ1) is 16.3. The van der Waals surface area contributed by atoms with Gasteiger partial charge in [-0.05, 0) is 37.8 Å². The van der Waals surface area contributed by atoms with E-state index in [0.29, 0.717) is 0 Å². The Hall–Kier alpha value is -1.03. The molecule has 4 heteroatoms. The molecule has 0 radical (unpaired) electrons. The lowest BCUT2D eigenvalue weighted by atomic mass is 9.59. The summed E-state index contributed by atoms with van der Waals surface area (Å²) in [7, 11) is 0. The van der Waals surface area contributed by atoms with Crippen LogP contribution in [0.5, 0.6) is 0 Å². The van der Waals surface area contributed by atoms with Gasteiger partial charge in [-0.25, -0.2) is 0 Å². The van der Waals surface area contributed by atoms with Gasteiger partial charge in [0.15, 0.2) is 0 Å². The summed E-state index contributed by atoms with van der Waals surface area (Å²) in [5.74, 6) is 0. The Kier molecular flexibility index (Phi) is 5.31. The van der Waals surface area contributed by atoms with Crippen LogP contribution in [0.1, 0.15) is 51.0 Å². The molecule has 0 spiro atoms. The number of nitrogens with one attached hydrogen (secondary N) is 1. The van der Waals surface area contributed by atoms with Gasteiger partial charge in [-0.3, -0.25) is 0 Å². The molecule has 1 atom stereocenters. The summed E-state index contributed by atoms with van der Waals surface area (Å²) < 4.78 is 37.9. The fourth-order valence-corrected chi connectivity index (χ4v) is 3.37. The summed E-state index contributed by atoms with van der Waals surface area (Å²) in [5, 5.41) is 3.38. The van der Waals surface area contributed by atoms with Crippen molar-refractivity contribution in [1.29, 1.82) is 0 Å². The van der Waals surface area contributed by atoms with E-state index in [9.17, 15) is 13.2 Å². The van der Waals surface area contributed by atoms with Gasteiger partial charge in [0.05, 0.1) is 0 Å². The van der Waals surface area contributed by atoms with Gasteiger partial charge in [-0.2, -0.15) is 13.2 Å². The Bertz CT molecular complexity index is 423. The third kappa shape index (κ3) is 4.00. The maximum absolute atomic E-state index is 12.6. The van der Waals surface area contributed by atoms with Gasteiger partial charge in [-0.1, -0.05) is 43.7 Å². The minimum Gasteiger partial charge on any atom is -0.313 e. The number of benzene rings is 1. The lowest BCUT2D eigenvalue weighted by molar-refractivity contribution is -0.138. The van der Waals surface area contributed by atoms with Crippen molar-refractivity contribution in [2.45, 2.75) is 63.1 Å². The fraction of sp³-hybridized carbons (Fsp3) is 0.647. The maximum Gasteiger partial charge on any atom is 0.389 e. The van der Waals surface area contributed by atoms with Gasteiger partial charge >= 0.3 is 6.18 Å². The van der Waals surface area contributed by atoms with Crippen LogP contribution in [0.2, 0.25) is 0 Å². The average Bonchev–Trinajstić information content (AvgIpc) is 2.40. The van der Waals surface area contributed by atoms with Crippen LogP contribution in [-0.2, 0) is 5.41 Å². The van der Waals surface area contributed by atoms with E-state index in [4.69, 9.17) is 0 Å². The third-order valence-corrected chi connectivity index (χ3v) is 4.62. The van der Waals surface area contributed by atoms with Crippen molar-refractivity contribution in [3.8, 4) is 0 Å². The maximum atomic E-state index is 12.6. The van der Waals surface area contributed by atoms with E-state index in [-0.39, 0.29) is 17.9 Å². The van der Waals surface area contributed by atoms with E-state index < -0.39 is 12.6 Å². The van der Waals surface area contributed by atoms with Crippen LogP contribution in [0.3, 0.4) is 0 Å². The zero-order valence-corrected chi connectivity index (χ0v) is 12.5. The van der Waals surface area contributed by atoms with E-state index in [0.717, 1.165) is 32.2 Å². The van der Waals surface area contributed by atoms with E-state index in [1.54, 1.807) is 0 Å². The minimum atomic E-state index is -4.08. The van der Waals surface area contributed by atoms with E-state index in [1.165, 1.54) is 5.56 Å². The van der Waals surface area contributed by atoms with Crippen LogP contribution in [0.4, 0.5) is 13.2 Å². The number of hydrogen-bond acceptors (Lipinski definition) is 1. The van der Waals surface area contributed by atoms with Crippen LogP contribution in [-0.4, -0.2) is 18.8 Å². The average molecular weight is 299 g/mol. The first-order valence-corrected chi connectivity index (χ1v) is 7.83. The zero-order valence-electron chi connectivity index (χ0n) is 12.5. The molecule has 2 rings (SSSR count). The highest BCUT2D eigenvalue weighted by molar-refractivity contribution is 5.30. The molecule has 1 aliphatic carbocycles. The molecule has 0 aromatic heterocycles. The Morgan fingerprint density at radius 3 is 2.33 bits per heavy atom. The van der Waals surface area contributed by atoms with Crippen LogP contribution >= 0.6 is 0 Å². The van der Waals surface area contributed by atoms with Crippen molar-refractivity contribution in [3.05, 3.63) is 35.9 Å². The molecule has 1 nitrogen and oxygen atoms in total. The summed E-state index contributed by atoms with van der Waals surface area (Å²) in [4.78, 5) is 0. The second kappa shape index (κ2) is 6.82. The molecule has 1 aromatic carbocycles. The summed E-state index contributed by atoms with van der Waals surface area (Å²) in [6, 6.07) is 9.96. The molecule has 21 heavy (non-hydrogen) atoms. The second-order valence-corrected chi connectivity index (χ2v) is 6.04. The highest BCUT2D eigenvalue weighted by atomic mass is 19.4. The van der Waals surface area contributed by atoms with Crippen LogP contribution in [0, 0.1) is 0 Å². The lowest BCUT2D eigenvalue weighted by Gasteiger charge is -2.49. The van der Waals surface area contributed by atoms with Gasteiger partial charge in [0.25, 0.3) is 0 Å². The number of hydrogen-bond donors (Lipinski definition) is 1. The van der Waals surface area contributed by atoms with Crippen LogP contribution in [0.15, 0.2) is 30.3 Å². The summed E-state index contributed by atoms with van der Waals surface area (Å²) >= 11 is 0. The quantitative estimate of drug-likeness (QED) is 0.761. The molecule has 1 saturated carbocycles. The smallest absolute Gasteiger partial charge is 0.313 e. The summed E-state index contributed by atoms with van der Waals surface area (Å²) in [5.41, 5.74) is 1.08. The number of halogens is 3. The van der Waals surface area contributed by atoms with E-state index in [1.807, 2.05) is 25.1 Å². The standard InChI is InChI=1S/C17H24F3N/c1-2-13-21-15(9-12-17(18,19)20)16(10-6-11-16)14-7-4-3-5-8-14/h3-5,7-8,15,21H,2,6,9-13H2,1H3. The molecule has 0 aliphatic heterocycles. The van der Waals surface area contributed by atoms with E-state index >= 15 is 0 Å². The van der Waals surface area contributed by atoms with Crippen molar-refractivity contribution in [2.24, 2.45) is 0 Å². The predicted octanol–water partition coefficient (Wildman–Crippen LogP) is 4.82.